The van der Waals surface area contributed by atoms with Crippen molar-refractivity contribution in [2.75, 3.05) is 11.4 Å². The van der Waals surface area contributed by atoms with E-state index < -0.39 is 0 Å². The third-order valence-corrected chi connectivity index (χ3v) is 4.73. The summed E-state index contributed by atoms with van der Waals surface area (Å²) in [5.41, 5.74) is 2.89. The summed E-state index contributed by atoms with van der Waals surface area (Å²) in [5.74, 6) is 1.13. The van der Waals surface area contributed by atoms with E-state index >= 15 is 0 Å². The standard InChI is InChI=1S/C17H14BrN3O/c18-12-5-1-4-8-15(12)21-10-11(9-16(21)22)17-19-13-6-2-3-7-14(13)20-17/h1-8,11H,9-10H2,(H,19,20)/t11-/m0/s1. The van der Waals surface area contributed by atoms with E-state index in [0.717, 1.165) is 27.0 Å². The molecule has 1 atom stereocenters. The van der Waals surface area contributed by atoms with Crippen molar-refractivity contribution < 1.29 is 4.79 Å². The van der Waals surface area contributed by atoms with Gasteiger partial charge in [-0.05, 0) is 40.2 Å². The van der Waals surface area contributed by atoms with Crippen LogP contribution in [0.25, 0.3) is 11.0 Å². The minimum absolute atomic E-state index is 0.104. The van der Waals surface area contributed by atoms with E-state index in [2.05, 4.69) is 25.9 Å². The van der Waals surface area contributed by atoms with Gasteiger partial charge in [-0.2, -0.15) is 0 Å². The van der Waals surface area contributed by atoms with Crippen molar-refractivity contribution in [3.8, 4) is 0 Å². The zero-order valence-corrected chi connectivity index (χ0v) is 13.4. The predicted octanol–water partition coefficient (Wildman–Crippen LogP) is 3.85. The Balaban J connectivity index is 1.66. The van der Waals surface area contributed by atoms with Crippen LogP contribution in [-0.2, 0) is 4.79 Å². The number of imidazole rings is 1. The third-order valence-electron chi connectivity index (χ3n) is 4.06. The number of rotatable bonds is 2. The molecule has 0 spiro atoms. The molecule has 1 fully saturated rings. The van der Waals surface area contributed by atoms with E-state index in [1.165, 1.54) is 0 Å². The van der Waals surface area contributed by atoms with E-state index in [9.17, 15) is 4.79 Å². The molecule has 2 heterocycles. The first kappa shape index (κ1) is 13.5. The van der Waals surface area contributed by atoms with Gasteiger partial charge in [-0.1, -0.05) is 24.3 Å². The second-order valence-corrected chi connectivity index (χ2v) is 6.35. The highest BCUT2D eigenvalue weighted by molar-refractivity contribution is 9.10. The van der Waals surface area contributed by atoms with Crippen LogP contribution in [0.4, 0.5) is 5.69 Å². The second-order valence-electron chi connectivity index (χ2n) is 5.50. The smallest absolute Gasteiger partial charge is 0.227 e. The number of carbonyl (C=O) groups is 1. The van der Waals surface area contributed by atoms with Crippen molar-refractivity contribution in [1.82, 2.24) is 9.97 Å². The van der Waals surface area contributed by atoms with Gasteiger partial charge in [0.25, 0.3) is 0 Å². The molecule has 4 rings (SSSR count). The summed E-state index contributed by atoms with van der Waals surface area (Å²) in [6.45, 7) is 0.654. The number of H-pyrrole nitrogens is 1. The zero-order valence-electron chi connectivity index (χ0n) is 11.8. The molecule has 0 bridgehead atoms. The first-order valence-corrected chi connectivity index (χ1v) is 8.01. The Kier molecular flexibility index (Phi) is 3.22. The summed E-state index contributed by atoms with van der Waals surface area (Å²) in [6, 6.07) is 15.8. The van der Waals surface area contributed by atoms with E-state index in [1.54, 1.807) is 0 Å². The highest BCUT2D eigenvalue weighted by atomic mass is 79.9. The maximum Gasteiger partial charge on any atom is 0.227 e. The molecule has 1 aliphatic heterocycles. The number of benzene rings is 2. The SMILES string of the molecule is O=C1C[C@H](c2nc3ccccc3[nH]2)CN1c1ccccc1Br. The summed E-state index contributed by atoms with van der Waals surface area (Å²) in [7, 11) is 0. The van der Waals surface area contributed by atoms with Gasteiger partial charge in [0.2, 0.25) is 5.91 Å². The molecular formula is C17H14BrN3O. The molecule has 3 aromatic rings. The fraction of sp³-hybridized carbons (Fsp3) is 0.176. The van der Waals surface area contributed by atoms with Crippen molar-refractivity contribution in [2.45, 2.75) is 12.3 Å². The fourth-order valence-corrected chi connectivity index (χ4v) is 3.46. The number of aromatic amines is 1. The van der Waals surface area contributed by atoms with Crippen LogP contribution in [-0.4, -0.2) is 22.4 Å². The lowest BCUT2D eigenvalue weighted by molar-refractivity contribution is -0.117. The average Bonchev–Trinajstić information content (AvgIpc) is 3.11. The first-order valence-electron chi connectivity index (χ1n) is 7.22. The lowest BCUT2D eigenvalue weighted by atomic mass is 10.1. The number of nitrogens with zero attached hydrogens (tertiary/aromatic N) is 2. The number of hydrogen-bond acceptors (Lipinski definition) is 2. The lowest BCUT2D eigenvalue weighted by Gasteiger charge is -2.17. The summed E-state index contributed by atoms with van der Waals surface area (Å²) in [4.78, 5) is 22.2. The number of hydrogen-bond donors (Lipinski definition) is 1. The van der Waals surface area contributed by atoms with Gasteiger partial charge >= 0.3 is 0 Å². The van der Waals surface area contributed by atoms with Crippen molar-refractivity contribution >= 4 is 38.6 Å². The number of para-hydroxylation sites is 3. The normalized spacial score (nSPS) is 18.3. The van der Waals surface area contributed by atoms with Gasteiger partial charge in [-0.25, -0.2) is 4.98 Å². The molecule has 0 radical (unpaired) electrons. The summed E-state index contributed by atoms with van der Waals surface area (Å²) in [5, 5.41) is 0. The highest BCUT2D eigenvalue weighted by Gasteiger charge is 2.34. The Morgan fingerprint density at radius 1 is 1.14 bits per heavy atom. The first-order chi connectivity index (χ1) is 10.7. The number of anilines is 1. The fourth-order valence-electron chi connectivity index (χ4n) is 2.96. The molecule has 22 heavy (non-hydrogen) atoms. The van der Waals surface area contributed by atoms with Crippen LogP contribution in [0.5, 0.6) is 0 Å². The Labute approximate surface area is 136 Å². The second kappa shape index (κ2) is 5.25. The molecule has 1 saturated heterocycles. The molecule has 110 valence electrons. The van der Waals surface area contributed by atoms with E-state index in [1.807, 2.05) is 53.4 Å². The minimum Gasteiger partial charge on any atom is -0.342 e. The van der Waals surface area contributed by atoms with Gasteiger partial charge in [0, 0.05) is 23.4 Å². The maximum absolute atomic E-state index is 12.4. The van der Waals surface area contributed by atoms with Gasteiger partial charge in [0.05, 0.1) is 16.7 Å². The van der Waals surface area contributed by atoms with E-state index in [0.29, 0.717) is 13.0 Å². The van der Waals surface area contributed by atoms with Crippen LogP contribution in [0.3, 0.4) is 0 Å². The van der Waals surface area contributed by atoms with Crippen molar-refractivity contribution in [3.63, 3.8) is 0 Å². The molecule has 1 aliphatic rings. The summed E-state index contributed by atoms with van der Waals surface area (Å²) < 4.78 is 0.939. The topological polar surface area (TPSA) is 49.0 Å². The molecule has 4 nitrogen and oxygen atoms in total. The van der Waals surface area contributed by atoms with Crippen LogP contribution in [0, 0.1) is 0 Å². The Morgan fingerprint density at radius 3 is 2.73 bits per heavy atom. The van der Waals surface area contributed by atoms with Gasteiger partial charge in [0.1, 0.15) is 5.82 Å². The highest BCUT2D eigenvalue weighted by Crippen LogP contribution is 2.34. The maximum atomic E-state index is 12.4. The van der Waals surface area contributed by atoms with Crippen LogP contribution in [0.15, 0.2) is 53.0 Å². The minimum atomic E-state index is 0.104. The molecule has 0 aliphatic carbocycles. The monoisotopic (exact) mass is 355 g/mol. The average molecular weight is 356 g/mol. The summed E-state index contributed by atoms with van der Waals surface area (Å²) in [6.07, 6.45) is 0.487. The molecule has 1 N–H and O–H groups in total. The molecule has 0 saturated carbocycles. The number of carbonyl (C=O) groups excluding carboxylic acids is 1. The molecule has 2 aromatic carbocycles. The van der Waals surface area contributed by atoms with Crippen LogP contribution < -0.4 is 4.90 Å². The number of amides is 1. The molecule has 1 aromatic heterocycles. The molecular weight excluding hydrogens is 342 g/mol. The number of fused-ring (bicyclic) bond motifs is 1. The molecule has 1 amide bonds. The summed E-state index contributed by atoms with van der Waals surface area (Å²) >= 11 is 3.52. The molecule has 0 unspecified atom stereocenters. The number of halogens is 1. The van der Waals surface area contributed by atoms with E-state index in [-0.39, 0.29) is 11.8 Å². The van der Waals surface area contributed by atoms with Gasteiger partial charge in [0.15, 0.2) is 0 Å². The number of aromatic nitrogens is 2. The van der Waals surface area contributed by atoms with Crippen molar-refractivity contribution in [3.05, 3.63) is 58.8 Å². The molecule has 5 heteroatoms. The van der Waals surface area contributed by atoms with Crippen LogP contribution >= 0.6 is 15.9 Å². The quantitative estimate of drug-likeness (QED) is 0.758. The lowest BCUT2D eigenvalue weighted by Crippen LogP contribution is -2.24. The van der Waals surface area contributed by atoms with Crippen molar-refractivity contribution in [1.29, 1.82) is 0 Å². The van der Waals surface area contributed by atoms with Gasteiger partial charge < -0.3 is 9.88 Å². The number of nitrogens with one attached hydrogen (secondary N) is 1. The van der Waals surface area contributed by atoms with Gasteiger partial charge in [-0.15, -0.1) is 0 Å². The predicted molar refractivity (Wildman–Crippen MR) is 89.9 cm³/mol. The third kappa shape index (κ3) is 2.22. The van der Waals surface area contributed by atoms with Gasteiger partial charge in [-0.3, -0.25) is 4.79 Å². The zero-order chi connectivity index (χ0) is 15.1. The Morgan fingerprint density at radius 2 is 1.91 bits per heavy atom. The van der Waals surface area contributed by atoms with E-state index in [4.69, 9.17) is 0 Å². The van der Waals surface area contributed by atoms with Crippen LogP contribution in [0.1, 0.15) is 18.2 Å². The van der Waals surface area contributed by atoms with Crippen LogP contribution in [0.2, 0.25) is 0 Å². The Bertz CT molecular complexity index is 825. The largest absolute Gasteiger partial charge is 0.342 e. The Hall–Kier alpha value is -2.14. The van der Waals surface area contributed by atoms with Crippen molar-refractivity contribution in [2.24, 2.45) is 0 Å².